The molecule has 1 N–H and O–H groups in total. The highest BCUT2D eigenvalue weighted by Gasteiger charge is 2.31. The molecule has 0 bridgehead atoms. The second kappa shape index (κ2) is 11.1. The Hall–Kier alpha value is -2.72. The van der Waals surface area contributed by atoms with Crippen LogP contribution in [0.4, 0.5) is 18.9 Å². The molecule has 1 amide bonds. The Bertz CT molecular complexity index is 1140. The first-order valence-electron chi connectivity index (χ1n) is 10.6. The van der Waals surface area contributed by atoms with Crippen molar-refractivity contribution in [2.24, 2.45) is 0 Å². The van der Waals surface area contributed by atoms with Gasteiger partial charge in [0.05, 0.1) is 22.0 Å². The molecule has 1 aromatic heterocycles. The van der Waals surface area contributed by atoms with Gasteiger partial charge >= 0.3 is 6.18 Å². The van der Waals surface area contributed by atoms with Crippen LogP contribution >= 0.6 is 23.4 Å². The lowest BCUT2D eigenvalue weighted by Crippen LogP contribution is -2.16. The Morgan fingerprint density at radius 2 is 1.88 bits per heavy atom. The topological polar surface area (TPSA) is 69.0 Å². The van der Waals surface area contributed by atoms with Crippen LogP contribution in [0.1, 0.15) is 43.8 Å². The van der Waals surface area contributed by atoms with Crippen molar-refractivity contribution in [3.8, 4) is 5.75 Å². The number of anilines is 1. The van der Waals surface area contributed by atoms with Crippen molar-refractivity contribution in [1.29, 1.82) is 0 Å². The van der Waals surface area contributed by atoms with Gasteiger partial charge in [-0.25, -0.2) is 0 Å². The zero-order chi connectivity index (χ0) is 24.9. The van der Waals surface area contributed by atoms with Crippen LogP contribution in [-0.2, 0) is 23.9 Å². The lowest BCUT2D eigenvalue weighted by atomic mass is 10.2. The van der Waals surface area contributed by atoms with E-state index in [1.54, 1.807) is 0 Å². The van der Waals surface area contributed by atoms with Gasteiger partial charge in [-0.15, -0.1) is 10.2 Å². The number of thioether (sulfide) groups is 1. The molecule has 0 saturated carbocycles. The Balaban J connectivity index is 1.65. The van der Waals surface area contributed by atoms with Crippen molar-refractivity contribution in [1.82, 2.24) is 14.8 Å². The molecule has 0 aliphatic carbocycles. The average molecular weight is 513 g/mol. The summed E-state index contributed by atoms with van der Waals surface area (Å²) in [4.78, 5) is 12.4. The zero-order valence-electron chi connectivity index (χ0n) is 18.8. The van der Waals surface area contributed by atoms with Crippen LogP contribution in [-0.4, -0.2) is 26.4 Å². The largest absolute Gasteiger partial charge is 0.483 e. The van der Waals surface area contributed by atoms with Crippen molar-refractivity contribution in [3.05, 3.63) is 64.4 Å². The number of halogens is 4. The first-order valence-corrected chi connectivity index (χ1v) is 12.0. The molecule has 6 nitrogen and oxygen atoms in total. The fourth-order valence-corrected chi connectivity index (χ4v) is 4.15. The first kappa shape index (κ1) is 25.9. The highest BCUT2D eigenvalue weighted by atomic mass is 35.5. The smallest absolute Gasteiger partial charge is 0.416 e. The van der Waals surface area contributed by atoms with Crippen LogP contribution in [0, 0.1) is 0 Å². The summed E-state index contributed by atoms with van der Waals surface area (Å²) in [6.07, 6.45) is -3.98. The zero-order valence-corrected chi connectivity index (χ0v) is 20.4. The number of hydrogen-bond acceptors (Lipinski definition) is 5. The minimum absolute atomic E-state index is 0.0169. The summed E-state index contributed by atoms with van der Waals surface area (Å²) < 4.78 is 46.6. The van der Waals surface area contributed by atoms with Crippen molar-refractivity contribution in [3.63, 3.8) is 0 Å². The number of aromatic nitrogens is 3. The normalized spacial score (nSPS) is 12.4. The summed E-state index contributed by atoms with van der Waals surface area (Å²) in [6.45, 7) is 6.41. The summed E-state index contributed by atoms with van der Waals surface area (Å²) in [6, 6.07) is 10.6. The second-order valence-corrected chi connectivity index (χ2v) is 8.72. The molecule has 3 rings (SSSR count). The van der Waals surface area contributed by atoms with E-state index in [2.05, 4.69) is 22.4 Å². The van der Waals surface area contributed by atoms with Crippen molar-refractivity contribution >= 4 is 35.0 Å². The molecule has 182 valence electrons. The number of amides is 1. The van der Waals surface area contributed by atoms with Gasteiger partial charge in [0.1, 0.15) is 5.75 Å². The van der Waals surface area contributed by atoms with Gasteiger partial charge in [0.15, 0.2) is 17.1 Å². The summed E-state index contributed by atoms with van der Waals surface area (Å²) in [5, 5.41) is 11.3. The van der Waals surface area contributed by atoms with Gasteiger partial charge in [-0.2, -0.15) is 13.2 Å². The van der Waals surface area contributed by atoms with E-state index in [4.69, 9.17) is 16.3 Å². The molecule has 0 aliphatic heterocycles. The molecule has 0 unspecified atom stereocenters. The van der Waals surface area contributed by atoms with Crippen LogP contribution in [0.25, 0.3) is 0 Å². The predicted molar refractivity (Wildman–Crippen MR) is 126 cm³/mol. The van der Waals surface area contributed by atoms with Crippen molar-refractivity contribution in [2.75, 3.05) is 11.1 Å². The number of benzene rings is 2. The quantitative estimate of drug-likeness (QED) is 0.336. The van der Waals surface area contributed by atoms with E-state index < -0.39 is 17.6 Å². The third kappa shape index (κ3) is 6.44. The Morgan fingerprint density at radius 1 is 1.18 bits per heavy atom. The molecular formula is C23H24ClF3N4O2S. The van der Waals surface area contributed by atoms with Crippen molar-refractivity contribution in [2.45, 2.75) is 51.2 Å². The lowest BCUT2D eigenvalue weighted by molar-refractivity contribution is -0.137. The summed E-state index contributed by atoms with van der Waals surface area (Å²) in [7, 11) is 0. The minimum Gasteiger partial charge on any atom is -0.483 e. The molecular weight excluding hydrogens is 489 g/mol. The van der Waals surface area contributed by atoms with Gasteiger partial charge in [0.2, 0.25) is 5.91 Å². The first-order chi connectivity index (χ1) is 16.1. The molecule has 34 heavy (non-hydrogen) atoms. The molecule has 1 atom stereocenters. The van der Waals surface area contributed by atoms with Crippen LogP contribution in [0.15, 0.2) is 47.6 Å². The standard InChI is InChI=1S/C23H24ClF3N4O2S/c1-4-15-6-9-17(10-7-15)33-14(3)21-29-30-22(31(21)5-2)34-13-20(32)28-19-12-16(23(25,26)27)8-11-18(19)24/h6-12,14H,4-5,13H2,1-3H3,(H,28,32)/t14-/m0/s1. The lowest BCUT2D eigenvalue weighted by Gasteiger charge is -2.16. The van der Waals surface area contributed by atoms with Crippen LogP contribution in [0.3, 0.4) is 0 Å². The number of aryl methyl sites for hydroxylation is 1. The molecule has 2 aromatic carbocycles. The maximum Gasteiger partial charge on any atom is 0.416 e. The molecule has 0 saturated heterocycles. The number of nitrogens with one attached hydrogen (secondary N) is 1. The molecule has 0 radical (unpaired) electrons. The molecule has 3 aromatic rings. The van der Waals surface area contributed by atoms with Crippen LogP contribution in [0.5, 0.6) is 5.75 Å². The highest BCUT2D eigenvalue weighted by molar-refractivity contribution is 7.99. The fourth-order valence-electron chi connectivity index (χ4n) is 3.18. The van der Waals surface area contributed by atoms with Gasteiger partial charge in [0, 0.05) is 6.54 Å². The van der Waals surface area contributed by atoms with E-state index in [0.717, 1.165) is 36.4 Å². The van der Waals surface area contributed by atoms with E-state index in [9.17, 15) is 18.0 Å². The summed E-state index contributed by atoms with van der Waals surface area (Å²) in [5.41, 5.74) is 0.213. The molecule has 1 heterocycles. The number of ether oxygens (including phenoxy) is 1. The van der Waals surface area contributed by atoms with Gasteiger partial charge in [-0.05, 0) is 56.2 Å². The predicted octanol–water partition coefficient (Wildman–Crippen LogP) is 6.40. The van der Waals surface area contributed by atoms with Gasteiger partial charge in [-0.1, -0.05) is 42.4 Å². The minimum atomic E-state index is -4.54. The van der Waals surface area contributed by atoms with Crippen LogP contribution < -0.4 is 10.1 Å². The number of carbonyl (C=O) groups is 1. The maximum absolute atomic E-state index is 12.9. The third-order valence-electron chi connectivity index (χ3n) is 4.97. The SMILES string of the molecule is CCc1ccc(O[C@@H](C)c2nnc(SCC(=O)Nc3cc(C(F)(F)F)ccc3Cl)n2CC)cc1. The fraction of sp³-hybridized carbons (Fsp3) is 0.348. The molecule has 0 fully saturated rings. The van der Waals surface area contributed by atoms with Gasteiger partial charge in [0.25, 0.3) is 0 Å². The van der Waals surface area contributed by atoms with Crippen LogP contribution in [0.2, 0.25) is 5.02 Å². The number of alkyl halides is 3. The van der Waals surface area contributed by atoms with E-state index in [0.29, 0.717) is 23.3 Å². The second-order valence-electron chi connectivity index (χ2n) is 7.37. The maximum atomic E-state index is 12.9. The monoisotopic (exact) mass is 512 g/mol. The Morgan fingerprint density at radius 3 is 2.50 bits per heavy atom. The van der Waals surface area contributed by atoms with Gasteiger partial charge in [-0.3, -0.25) is 4.79 Å². The molecule has 0 spiro atoms. The van der Waals surface area contributed by atoms with E-state index in [1.165, 1.54) is 5.56 Å². The van der Waals surface area contributed by atoms with E-state index in [1.807, 2.05) is 42.7 Å². The number of carbonyl (C=O) groups excluding carboxylic acids is 1. The number of rotatable bonds is 9. The molecule has 0 aliphatic rings. The van der Waals surface area contributed by atoms with E-state index in [-0.39, 0.29) is 22.6 Å². The summed E-state index contributed by atoms with van der Waals surface area (Å²) >= 11 is 7.07. The molecule has 11 heteroatoms. The van der Waals surface area contributed by atoms with Crippen molar-refractivity contribution < 1.29 is 22.7 Å². The van der Waals surface area contributed by atoms with E-state index >= 15 is 0 Å². The number of nitrogens with zero attached hydrogens (tertiary/aromatic N) is 3. The average Bonchev–Trinajstić information content (AvgIpc) is 3.22. The third-order valence-corrected chi connectivity index (χ3v) is 6.27. The number of hydrogen-bond donors (Lipinski definition) is 1. The van der Waals surface area contributed by atoms with Gasteiger partial charge < -0.3 is 14.6 Å². The Labute approximate surface area is 204 Å². The highest BCUT2D eigenvalue weighted by Crippen LogP contribution is 2.34. The Kier molecular flexibility index (Phi) is 8.48. The summed E-state index contributed by atoms with van der Waals surface area (Å²) in [5.74, 6) is 0.713.